The van der Waals surface area contributed by atoms with E-state index < -0.39 is 10.0 Å². The van der Waals surface area contributed by atoms with Gasteiger partial charge in [-0.1, -0.05) is 6.92 Å². The van der Waals surface area contributed by atoms with Crippen LogP contribution in [0.2, 0.25) is 0 Å². The minimum absolute atomic E-state index is 0.0554. The van der Waals surface area contributed by atoms with E-state index in [2.05, 4.69) is 22.0 Å². The van der Waals surface area contributed by atoms with Gasteiger partial charge in [-0.2, -0.15) is 9.40 Å². The molecule has 1 atom stereocenters. The van der Waals surface area contributed by atoms with Crippen LogP contribution in [0.1, 0.15) is 56.8 Å². The molecule has 146 valence electrons. The lowest BCUT2D eigenvalue weighted by Crippen LogP contribution is -2.49. The molecular formula is C18H30N4O3S. The van der Waals surface area contributed by atoms with Crippen molar-refractivity contribution in [3.05, 3.63) is 11.4 Å². The molecular weight excluding hydrogens is 352 g/mol. The Hall–Kier alpha value is -1.41. The topological polar surface area (TPSA) is 86.4 Å². The number of carbonyl (C=O) groups excluding carboxylic acids is 1. The quantitative estimate of drug-likeness (QED) is 0.865. The first kappa shape index (κ1) is 19.4. The van der Waals surface area contributed by atoms with Crippen LogP contribution in [0.3, 0.4) is 0 Å². The van der Waals surface area contributed by atoms with Gasteiger partial charge in [-0.3, -0.25) is 9.89 Å². The van der Waals surface area contributed by atoms with Gasteiger partial charge in [0.25, 0.3) is 0 Å². The van der Waals surface area contributed by atoms with Crippen molar-refractivity contribution in [2.24, 2.45) is 5.92 Å². The molecule has 1 unspecified atom stereocenters. The molecule has 2 aliphatic rings. The number of hydrogen-bond acceptors (Lipinski definition) is 4. The predicted molar refractivity (Wildman–Crippen MR) is 99.2 cm³/mol. The zero-order valence-corrected chi connectivity index (χ0v) is 16.8. The molecule has 2 saturated heterocycles. The van der Waals surface area contributed by atoms with E-state index in [0.717, 1.165) is 25.8 Å². The number of likely N-dealkylation sites (tertiary alicyclic amines) is 1. The van der Waals surface area contributed by atoms with E-state index in [1.54, 1.807) is 13.8 Å². The Balaban J connectivity index is 1.66. The summed E-state index contributed by atoms with van der Waals surface area (Å²) < 4.78 is 27.4. The Bertz CT molecular complexity index is 731. The van der Waals surface area contributed by atoms with Gasteiger partial charge in [0.05, 0.1) is 11.4 Å². The lowest BCUT2D eigenvalue weighted by molar-refractivity contribution is -0.140. The van der Waals surface area contributed by atoms with Crippen molar-refractivity contribution >= 4 is 15.9 Å². The van der Waals surface area contributed by atoms with Crippen LogP contribution in [-0.2, 0) is 14.8 Å². The van der Waals surface area contributed by atoms with Crippen LogP contribution in [0.4, 0.5) is 0 Å². The van der Waals surface area contributed by atoms with E-state index in [0.29, 0.717) is 43.4 Å². The summed E-state index contributed by atoms with van der Waals surface area (Å²) in [5.41, 5.74) is 1.07. The second kappa shape index (κ2) is 7.68. The largest absolute Gasteiger partial charge is 0.339 e. The summed E-state index contributed by atoms with van der Waals surface area (Å²) in [6, 6.07) is 0.356. The van der Waals surface area contributed by atoms with E-state index in [1.807, 2.05) is 0 Å². The predicted octanol–water partition coefficient (Wildman–Crippen LogP) is 2.22. The second-order valence-electron chi connectivity index (χ2n) is 7.53. The molecule has 1 amide bonds. The lowest BCUT2D eigenvalue weighted by Gasteiger charge is -2.39. The van der Waals surface area contributed by atoms with Crippen molar-refractivity contribution in [3.63, 3.8) is 0 Å². The molecule has 26 heavy (non-hydrogen) atoms. The summed E-state index contributed by atoms with van der Waals surface area (Å²) in [6.45, 7) is 7.21. The number of hydrogen-bond donors (Lipinski definition) is 1. The number of aromatic nitrogens is 2. The smallest absolute Gasteiger partial charge is 0.246 e. The van der Waals surface area contributed by atoms with Gasteiger partial charge in [0.1, 0.15) is 4.90 Å². The van der Waals surface area contributed by atoms with Crippen molar-refractivity contribution < 1.29 is 13.2 Å². The molecule has 2 aliphatic heterocycles. The molecule has 0 saturated carbocycles. The molecule has 0 aromatic carbocycles. The van der Waals surface area contributed by atoms with E-state index in [9.17, 15) is 13.2 Å². The number of sulfonamides is 1. The minimum Gasteiger partial charge on any atom is -0.339 e. The number of rotatable bonds is 4. The molecule has 3 rings (SSSR count). The third kappa shape index (κ3) is 3.53. The lowest BCUT2D eigenvalue weighted by atomic mass is 9.92. The van der Waals surface area contributed by atoms with Crippen LogP contribution < -0.4 is 0 Å². The average Bonchev–Trinajstić information content (AvgIpc) is 3.00. The van der Waals surface area contributed by atoms with Gasteiger partial charge in [0, 0.05) is 31.6 Å². The highest BCUT2D eigenvalue weighted by Gasteiger charge is 2.37. The van der Waals surface area contributed by atoms with Crippen molar-refractivity contribution in [2.45, 2.75) is 70.2 Å². The maximum atomic E-state index is 13.0. The van der Waals surface area contributed by atoms with Gasteiger partial charge < -0.3 is 4.90 Å². The van der Waals surface area contributed by atoms with E-state index in [4.69, 9.17) is 0 Å². The van der Waals surface area contributed by atoms with Crippen LogP contribution >= 0.6 is 0 Å². The molecule has 1 aromatic rings. The molecule has 2 fully saturated rings. The summed E-state index contributed by atoms with van der Waals surface area (Å²) in [7, 11) is -3.55. The number of nitrogens with zero attached hydrogens (tertiary/aromatic N) is 3. The summed E-state index contributed by atoms with van der Waals surface area (Å²) in [4.78, 5) is 15.3. The highest BCUT2D eigenvalue weighted by atomic mass is 32.2. The molecule has 0 bridgehead atoms. The fourth-order valence-electron chi connectivity index (χ4n) is 4.34. The van der Waals surface area contributed by atoms with E-state index in [-0.39, 0.29) is 16.7 Å². The molecule has 0 aliphatic carbocycles. The van der Waals surface area contributed by atoms with Gasteiger partial charge in [0.2, 0.25) is 15.9 Å². The molecule has 0 spiro atoms. The van der Waals surface area contributed by atoms with Crippen LogP contribution in [0.25, 0.3) is 0 Å². The Morgan fingerprint density at radius 3 is 2.42 bits per heavy atom. The Morgan fingerprint density at radius 1 is 1.15 bits per heavy atom. The van der Waals surface area contributed by atoms with Crippen LogP contribution in [-0.4, -0.2) is 59.4 Å². The van der Waals surface area contributed by atoms with E-state index >= 15 is 0 Å². The SMILES string of the molecule is CCC1CCCCN1C(=O)C1CCN(S(=O)(=O)c2c(C)n[nH]c2C)CC1. The number of aromatic amines is 1. The number of carbonyl (C=O) groups is 1. The van der Waals surface area contributed by atoms with Crippen molar-refractivity contribution in [1.29, 1.82) is 0 Å². The highest BCUT2D eigenvalue weighted by Crippen LogP contribution is 2.29. The zero-order chi connectivity index (χ0) is 18.9. The van der Waals surface area contributed by atoms with Crippen molar-refractivity contribution in [3.8, 4) is 0 Å². The maximum absolute atomic E-state index is 13.0. The first-order chi connectivity index (χ1) is 12.4. The molecule has 8 heteroatoms. The van der Waals surface area contributed by atoms with Gasteiger partial charge in [-0.05, 0) is 52.4 Å². The van der Waals surface area contributed by atoms with Gasteiger partial charge in [0.15, 0.2) is 0 Å². The third-order valence-corrected chi connectivity index (χ3v) is 8.01. The summed E-state index contributed by atoms with van der Waals surface area (Å²) in [5.74, 6) is 0.171. The van der Waals surface area contributed by atoms with Crippen molar-refractivity contribution in [2.75, 3.05) is 19.6 Å². The molecule has 7 nitrogen and oxygen atoms in total. The van der Waals surface area contributed by atoms with Gasteiger partial charge in [-0.25, -0.2) is 8.42 Å². The third-order valence-electron chi connectivity index (χ3n) is 5.84. The number of amides is 1. The minimum atomic E-state index is -3.55. The average molecular weight is 383 g/mol. The van der Waals surface area contributed by atoms with Crippen molar-refractivity contribution in [1.82, 2.24) is 19.4 Å². The first-order valence-electron chi connectivity index (χ1n) is 9.68. The normalized spacial score (nSPS) is 23.3. The monoisotopic (exact) mass is 382 g/mol. The Labute approximate surface area is 156 Å². The summed E-state index contributed by atoms with van der Waals surface area (Å²) >= 11 is 0. The Kier molecular flexibility index (Phi) is 5.72. The van der Waals surface area contributed by atoms with E-state index in [1.165, 1.54) is 10.7 Å². The fraction of sp³-hybridized carbons (Fsp3) is 0.778. The summed E-state index contributed by atoms with van der Waals surface area (Å²) in [5, 5.41) is 6.75. The number of nitrogens with one attached hydrogen (secondary N) is 1. The number of H-pyrrole nitrogens is 1. The standard InChI is InChI=1S/C18H30N4O3S/c1-4-16-7-5-6-10-22(16)18(23)15-8-11-21(12-9-15)26(24,25)17-13(2)19-20-14(17)3/h15-16H,4-12H2,1-3H3,(H,19,20). The van der Waals surface area contributed by atoms with Gasteiger partial charge in [-0.15, -0.1) is 0 Å². The fourth-order valence-corrected chi connectivity index (χ4v) is 6.14. The van der Waals surface area contributed by atoms with Gasteiger partial charge >= 0.3 is 0 Å². The molecule has 3 heterocycles. The Morgan fingerprint density at radius 2 is 1.85 bits per heavy atom. The first-order valence-corrected chi connectivity index (χ1v) is 11.1. The second-order valence-corrected chi connectivity index (χ2v) is 9.41. The van der Waals surface area contributed by atoms with Crippen LogP contribution in [0.5, 0.6) is 0 Å². The molecule has 1 N–H and O–H groups in total. The van der Waals surface area contributed by atoms with Crippen LogP contribution in [0, 0.1) is 19.8 Å². The zero-order valence-electron chi connectivity index (χ0n) is 16.0. The number of aryl methyl sites for hydroxylation is 2. The van der Waals surface area contributed by atoms with Crippen LogP contribution in [0.15, 0.2) is 4.90 Å². The molecule has 0 radical (unpaired) electrons. The maximum Gasteiger partial charge on any atom is 0.246 e. The highest BCUT2D eigenvalue weighted by molar-refractivity contribution is 7.89. The summed E-state index contributed by atoms with van der Waals surface area (Å²) in [6.07, 6.45) is 5.56. The molecule has 1 aromatic heterocycles. The number of piperidine rings is 2.